The van der Waals surface area contributed by atoms with Crippen LogP contribution >= 0.6 is 0 Å². The Bertz CT molecular complexity index is 561. The van der Waals surface area contributed by atoms with E-state index in [-0.39, 0.29) is 0 Å². The topological polar surface area (TPSA) is 61.6 Å². The Labute approximate surface area is 118 Å². The van der Waals surface area contributed by atoms with Crippen molar-refractivity contribution in [2.24, 2.45) is 5.73 Å². The van der Waals surface area contributed by atoms with Crippen LogP contribution in [-0.2, 0) is 6.42 Å². The standard InChI is InChI=1S/C16H17NO3/c1-19-14-6-2-12(3-7-14)10-11-20-15-8-4-13(5-9-15)16(17)18/h2-9H,10-11H2,1H3,(H2,17,18). The summed E-state index contributed by atoms with van der Waals surface area (Å²) in [5.74, 6) is 1.13. The zero-order valence-electron chi connectivity index (χ0n) is 11.3. The minimum atomic E-state index is -0.435. The third-order valence-electron chi connectivity index (χ3n) is 2.96. The van der Waals surface area contributed by atoms with Gasteiger partial charge in [0, 0.05) is 12.0 Å². The van der Waals surface area contributed by atoms with E-state index in [1.54, 1.807) is 31.4 Å². The maximum atomic E-state index is 10.9. The number of hydrogen-bond acceptors (Lipinski definition) is 3. The van der Waals surface area contributed by atoms with E-state index < -0.39 is 5.91 Å². The van der Waals surface area contributed by atoms with Crippen LogP contribution in [0.15, 0.2) is 48.5 Å². The van der Waals surface area contributed by atoms with Crippen molar-refractivity contribution in [1.82, 2.24) is 0 Å². The van der Waals surface area contributed by atoms with Gasteiger partial charge in [-0.15, -0.1) is 0 Å². The summed E-state index contributed by atoms with van der Waals surface area (Å²) in [5, 5.41) is 0. The number of hydrogen-bond donors (Lipinski definition) is 1. The lowest BCUT2D eigenvalue weighted by atomic mass is 10.1. The molecule has 4 heteroatoms. The van der Waals surface area contributed by atoms with Crippen LogP contribution < -0.4 is 15.2 Å². The molecular weight excluding hydrogens is 254 g/mol. The second-order valence-electron chi connectivity index (χ2n) is 4.34. The predicted molar refractivity (Wildman–Crippen MR) is 77.2 cm³/mol. The molecule has 0 aliphatic carbocycles. The molecule has 0 fully saturated rings. The molecule has 2 aromatic carbocycles. The van der Waals surface area contributed by atoms with Gasteiger partial charge in [0.05, 0.1) is 13.7 Å². The van der Waals surface area contributed by atoms with E-state index in [9.17, 15) is 4.79 Å². The van der Waals surface area contributed by atoms with Gasteiger partial charge in [0.25, 0.3) is 0 Å². The van der Waals surface area contributed by atoms with Crippen LogP contribution in [0.4, 0.5) is 0 Å². The fraction of sp³-hybridized carbons (Fsp3) is 0.188. The normalized spacial score (nSPS) is 10.1. The first-order valence-electron chi connectivity index (χ1n) is 6.34. The summed E-state index contributed by atoms with van der Waals surface area (Å²) in [4.78, 5) is 10.9. The van der Waals surface area contributed by atoms with E-state index in [4.69, 9.17) is 15.2 Å². The highest BCUT2D eigenvalue weighted by atomic mass is 16.5. The zero-order valence-corrected chi connectivity index (χ0v) is 11.3. The van der Waals surface area contributed by atoms with Crippen LogP contribution in [0.2, 0.25) is 0 Å². The molecule has 2 aromatic rings. The van der Waals surface area contributed by atoms with Crippen molar-refractivity contribution in [1.29, 1.82) is 0 Å². The molecule has 0 aliphatic rings. The number of carbonyl (C=O) groups excluding carboxylic acids is 1. The summed E-state index contributed by atoms with van der Waals surface area (Å²) >= 11 is 0. The molecule has 4 nitrogen and oxygen atoms in total. The van der Waals surface area contributed by atoms with Crippen molar-refractivity contribution < 1.29 is 14.3 Å². The predicted octanol–water partition coefficient (Wildman–Crippen LogP) is 2.42. The number of primary amides is 1. The van der Waals surface area contributed by atoms with Gasteiger partial charge in [-0.3, -0.25) is 4.79 Å². The van der Waals surface area contributed by atoms with Gasteiger partial charge in [0.2, 0.25) is 5.91 Å². The number of benzene rings is 2. The molecule has 2 rings (SSSR count). The highest BCUT2D eigenvalue weighted by Crippen LogP contribution is 2.14. The van der Waals surface area contributed by atoms with Gasteiger partial charge < -0.3 is 15.2 Å². The molecule has 104 valence electrons. The van der Waals surface area contributed by atoms with Gasteiger partial charge in [0.15, 0.2) is 0 Å². The van der Waals surface area contributed by atoms with Gasteiger partial charge in [-0.25, -0.2) is 0 Å². The van der Waals surface area contributed by atoms with Gasteiger partial charge in [-0.2, -0.15) is 0 Å². The SMILES string of the molecule is COc1ccc(CCOc2ccc(C(N)=O)cc2)cc1. The molecule has 1 amide bonds. The molecule has 0 spiro atoms. The molecule has 0 unspecified atom stereocenters. The summed E-state index contributed by atoms with van der Waals surface area (Å²) in [6.45, 7) is 0.572. The van der Waals surface area contributed by atoms with Crippen LogP contribution in [0.5, 0.6) is 11.5 Å². The zero-order chi connectivity index (χ0) is 14.4. The van der Waals surface area contributed by atoms with Gasteiger partial charge in [-0.1, -0.05) is 12.1 Å². The molecule has 0 aromatic heterocycles. The highest BCUT2D eigenvalue weighted by Gasteiger charge is 2.00. The van der Waals surface area contributed by atoms with E-state index in [0.717, 1.165) is 17.9 Å². The summed E-state index contributed by atoms with van der Waals surface area (Å²) in [7, 11) is 1.65. The Morgan fingerprint density at radius 2 is 1.60 bits per heavy atom. The van der Waals surface area contributed by atoms with Gasteiger partial charge in [0.1, 0.15) is 11.5 Å². The van der Waals surface area contributed by atoms with Crippen molar-refractivity contribution in [3.63, 3.8) is 0 Å². The molecule has 0 saturated carbocycles. The Morgan fingerprint density at radius 1 is 1.00 bits per heavy atom. The van der Waals surface area contributed by atoms with Crippen molar-refractivity contribution in [3.05, 3.63) is 59.7 Å². The average Bonchev–Trinajstić information content (AvgIpc) is 2.48. The fourth-order valence-electron chi connectivity index (χ4n) is 1.79. The lowest BCUT2D eigenvalue weighted by Crippen LogP contribution is -2.10. The Balaban J connectivity index is 1.84. The number of methoxy groups -OCH3 is 1. The summed E-state index contributed by atoms with van der Waals surface area (Å²) < 4.78 is 10.7. The number of rotatable bonds is 6. The summed E-state index contributed by atoms with van der Waals surface area (Å²) in [6, 6.07) is 14.7. The third-order valence-corrected chi connectivity index (χ3v) is 2.96. The number of nitrogens with two attached hydrogens (primary N) is 1. The summed E-state index contributed by atoms with van der Waals surface area (Å²) in [6.07, 6.45) is 0.807. The van der Waals surface area contributed by atoms with Crippen LogP contribution in [0.25, 0.3) is 0 Å². The second kappa shape index (κ2) is 6.61. The first-order chi connectivity index (χ1) is 9.69. The van der Waals surface area contributed by atoms with Crippen LogP contribution in [0.3, 0.4) is 0 Å². The lowest BCUT2D eigenvalue weighted by Gasteiger charge is -2.07. The maximum Gasteiger partial charge on any atom is 0.248 e. The van der Waals surface area contributed by atoms with Crippen LogP contribution in [0.1, 0.15) is 15.9 Å². The molecule has 0 heterocycles. The molecule has 0 saturated heterocycles. The largest absolute Gasteiger partial charge is 0.497 e. The fourth-order valence-corrected chi connectivity index (χ4v) is 1.79. The first kappa shape index (κ1) is 13.9. The van der Waals surface area contributed by atoms with Crippen molar-refractivity contribution in [3.8, 4) is 11.5 Å². The molecule has 0 aliphatic heterocycles. The van der Waals surface area contributed by atoms with Crippen molar-refractivity contribution in [2.45, 2.75) is 6.42 Å². The first-order valence-corrected chi connectivity index (χ1v) is 6.34. The third kappa shape index (κ3) is 3.75. The van der Waals surface area contributed by atoms with E-state index in [1.807, 2.05) is 24.3 Å². The number of amides is 1. The minimum Gasteiger partial charge on any atom is -0.497 e. The van der Waals surface area contributed by atoms with Crippen molar-refractivity contribution in [2.75, 3.05) is 13.7 Å². The van der Waals surface area contributed by atoms with E-state index in [0.29, 0.717) is 12.2 Å². The smallest absolute Gasteiger partial charge is 0.248 e. The summed E-state index contributed by atoms with van der Waals surface area (Å²) in [5.41, 5.74) is 6.83. The lowest BCUT2D eigenvalue weighted by molar-refractivity contribution is 0.100. The van der Waals surface area contributed by atoms with Gasteiger partial charge >= 0.3 is 0 Å². The van der Waals surface area contributed by atoms with E-state index >= 15 is 0 Å². The molecule has 0 bridgehead atoms. The Kier molecular flexibility index (Phi) is 4.60. The average molecular weight is 271 g/mol. The molecular formula is C16H17NO3. The Morgan fingerprint density at radius 3 is 2.15 bits per heavy atom. The van der Waals surface area contributed by atoms with E-state index in [2.05, 4.69) is 0 Å². The van der Waals surface area contributed by atoms with Crippen LogP contribution in [0, 0.1) is 0 Å². The molecule has 0 atom stereocenters. The maximum absolute atomic E-state index is 10.9. The number of carbonyl (C=O) groups is 1. The molecule has 2 N–H and O–H groups in total. The van der Waals surface area contributed by atoms with Crippen molar-refractivity contribution >= 4 is 5.91 Å². The monoisotopic (exact) mass is 271 g/mol. The number of ether oxygens (including phenoxy) is 2. The second-order valence-corrected chi connectivity index (χ2v) is 4.34. The Hall–Kier alpha value is -2.49. The highest BCUT2D eigenvalue weighted by molar-refractivity contribution is 5.92. The minimum absolute atomic E-state index is 0.435. The van der Waals surface area contributed by atoms with Gasteiger partial charge in [-0.05, 0) is 42.0 Å². The molecule has 20 heavy (non-hydrogen) atoms. The quantitative estimate of drug-likeness (QED) is 0.877. The van der Waals surface area contributed by atoms with E-state index in [1.165, 1.54) is 5.56 Å². The molecule has 0 radical (unpaired) electrons. The van der Waals surface area contributed by atoms with Crippen LogP contribution in [-0.4, -0.2) is 19.6 Å².